The molecule has 1 aromatic heterocycles. The van der Waals surface area contributed by atoms with Crippen LogP contribution in [0.25, 0.3) is 0 Å². The Morgan fingerprint density at radius 1 is 0.973 bits per heavy atom. The van der Waals surface area contributed by atoms with Crippen LogP contribution in [0.4, 0.5) is 5.69 Å². The van der Waals surface area contributed by atoms with Gasteiger partial charge in [-0.1, -0.05) is 74.9 Å². The first-order valence-corrected chi connectivity index (χ1v) is 14.3. The minimum absolute atomic E-state index is 0.200. The van der Waals surface area contributed by atoms with Gasteiger partial charge < -0.3 is 9.72 Å². The number of amides is 2. The number of fused-ring (bicyclic) bond motifs is 2. The second-order valence-corrected chi connectivity index (χ2v) is 12.2. The number of nitrogens with one attached hydrogen (secondary N) is 1. The third-order valence-electron chi connectivity index (χ3n) is 6.44. The molecule has 1 fully saturated rings. The lowest BCUT2D eigenvalue weighted by atomic mass is 9.83. The molecule has 0 radical (unpaired) electrons. The first kappa shape index (κ1) is 24.5. The number of hydrogen-bond acceptors (Lipinski definition) is 6. The molecule has 2 unspecified atom stereocenters. The van der Waals surface area contributed by atoms with Crippen LogP contribution in [0, 0.1) is 5.92 Å². The van der Waals surface area contributed by atoms with E-state index in [-0.39, 0.29) is 16.7 Å². The molecule has 37 heavy (non-hydrogen) atoms. The molecule has 0 saturated carbocycles. The molecule has 6 rings (SSSR count). The number of carbonyl (C=O) groups is 2. The first-order chi connectivity index (χ1) is 17.9. The maximum Gasteiger partial charge on any atom is 0.305 e. The second kappa shape index (κ2) is 9.79. The first-order valence-electron chi connectivity index (χ1n) is 11.4. The molecule has 3 atom stereocenters. The zero-order chi connectivity index (χ0) is 25.7. The Labute approximate surface area is 233 Å². The normalized spacial score (nSPS) is 20.6. The Hall–Kier alpha value is -2.85. The molecular formula is C27H18BrClN2O4S2. The molecule has 3 aromatic carbocycles. The van der Waals surface area contributed by atoms with Crippen molar-refractivity contribution < 1.29 is 14.3 Å². The van der Waals surface area contributed by atoms with Crippen LogP contribution in [0.5, 0.6) is 5.75 Å². The number of H-pyrrole nitrogens is 1. The van der Waals surface area contributed by atoms with Crippen molar-refractivity contribution in [3.8, 4) is 5.75 Å². The summed E-state index contributed by atoms with van der Waals surface area (Å²) in [5.41, 5.74) is 2.34. The summed E-state index contributed by atoms with van der Waals surface area (Å²) in [6, 6.07) is 22.1. The highest BCUT2D eigenvalue weighted by Crippen LogP contribution is 2.53. The monoisotopic (exact) mass is 612 g/mol. The van der Waals surface area contributed by atoms with Crippen molar-refractivity contribution in [2.75, 3.05) is 4.90 Å². The van der Waals surface area contributed by atoms with Gasteiger partial charge in [-0.25, -0.2) is 4.90 Å². The molecule has 10 heteroatoms. The van der Waals surface area contributed by atoms with Gasteiger partial charge in [0.1, 0.15) is 17.6 Å². The fourth-order valence-corrected chi connectivity index (χ4v) is 7.78. The number of thiazole rings is 1. The minimum Gasteiger partial charge on any atom is -0.489 e. The molecule has 0 spiro atoms. The van der Waals surface area contributed by atoms with Crippen molar-refractivity contribution >= 4 is 68.1 Å². The van der Waals surface area contributed by atoms with Crippen LogP contribution in [-0.4, -0.2) is 22.0 Å². The van der Waals surface area contributed by atoms with Gasteiger partial charge >= 0.3 is 4.87 Å². The van der Waals surface area contributed by atoms with Crippen LogP contribution in [0.1, 0.15) is 21.9 Å². The molecule has 0 aliphatic carbocycles. The van der Waals surface area contributed by atoms with Crippen LogP contribution in [0.2, 0.25) is 5.02 Å². The van der Waals surface area contributed by atoms with Gasteiger partial charge in [-0.3, -0.25) is 14.4 Å². The number of carbonyl (C=O) groups excluding carboxylic acids is 2. The molecule has 2 aliphatic heterocycles. The van der Waals surface area contributed by atoms with E-state index in [0.717, 1.165) is 31.8 Å². The van der Waals surface area contributed by atoms with Gasteiger partial charge in [-0.2, -0.15) is 0 Å². The maximum atomic E-state index is 13.8. The topological polar surface area (TPSA) is 79.5 Å². The zero-order valence-corrected chi connectivity index (χ0v) is 23.0. The number of ether oxygens (including phenoxy) is 1. The van der Waals surface area contributed by atoms with Crippen molar-refractivity contribution in [2.45, 2.75) is 22.8 Å². The predicted octanol–water partition coefficient (Wildman–Crippen LogP) is 6.23. The quantitative estimate of drug-likeness (QED) is 0.270. The summed E-state index contributed by atoms with van der Waals surface area (Å²) in [5.74, 6) is -0.922. The smallest absolute Gasteiger partial charge is 0.305 e. The number of halogens is 2. The van der Waals surface area contributed by atoms with Crippen LogP contribution in [0.3, 0.4) is 0 Å². The van der Waals surface area contributed by atoms with Crippen LogP contribution in [-0.2, 0) is 16.2 Å². The van der Waals surface area contributed by atoms with E-state index in [1.807, 2.05) is 48.5 Å². The number of rotatable bonds is 5. The highest BCUT2D eigenvalue weighted by Gasteiger charge is 2.56. The molecule has 0 bridgehead atoms. The molecular weight excluding hydrogens is 596 g/mol. The SMILES string of the molecule is O=C1C2Sc3[nH]c(=O)sc3[C@H](c3ccc(OCc4cccc(Cl)c4)cc3)C2C(=O)N1c1ccc(Br)cc1. The molecule has 186 valence electrons. The highest BCUT2D eigenvalue weighted by atomic mass is 79.9. The molecule has 4 aromatic rings. The van der Waals surface area contributed by atoms with E-state index in [2.05, 4.69) is 20.9 Å². The van der Waals surface area contributed by atoms with E-state index < -0.39 is 17.1 Å². The van der Waals surface area contributed by atoms with Gasteiger partial charge in [0.2, 0.25) is 11.8 Å². The standard InChI is InChI=1S/C27H18BrClN2O4S2/c28-16-6-8-18(9-7-16)31-25(32)21-20(22-24(30-27(34)37-22)36-23(21)26(31)33)15-4-10-19(11-5-15)35-13-14-2-1-3-17(29)12-14/h1-12,20-21,23H,13H2,(H,30,34)/t20-,21?,23?/m1/s1. The van der Waals surface area contributed by atoms with Crippen molar-refractivity contribution in [1.29, 1.82) is 0 Å². The van der Waals surface area contributed by atoms with Crippen molar-refractivity contribution in [3.63, 3.8) is 0 Å². The number of benzene rings is 3. The maximum absolute atomic E-state index is 13.8. The minimum atomic E-state index is -0.627. The fourth-order valence-electron chi connectivity index (χ4n) is 4.79. The van der Waals surface area contributed by atoms with Crippen molar-refractivity contribution in [1.82, 2.24) is 4.98 Å². The third kappa shape index (κ3) is 4.54. The summed E-state index contributed by atoms with van der Waals surface area (Å²) < 4.78 is 6.78. The van der Waals surface area contributed by atoms with E-state index >= 15 is 0 Å². The van der Waals surface area contributed by atoms with Crippen molar-refractivity contribution in [2.24, 2.45) is 5.92 Å². The Morgan fingerprint density at radius 3 is 2.46 bits per heavy atom. The second-order valence-electron chi connectivity index (χ2n) is 8.73. The Morgan fingerprint density at radius 2 is 1.73 bits per heavy atom. The lowest BCUT2D eigenvalue weighted by molar-refractivity contribution is -0.122. The summed E-state index contributed by atoms with van der Waals surface area (Å²) in [7, 11) is 0. The van der Waals surface area contributed by atoms with E-state index in [9.17, 15) is 14.4 Å². The Balaban J connectivity index is 1.32. The van der Waals surface area contributed by atoms with Gasteiger partial charge in [0.25, 0.3) is 0 Å². The van der Waals surface area contributed by atoms with Gasteiger partial charge in [0, 0.05) is 20.3 Å². The number of aromatic amines is 1. The number of aromatic nitrogens is 1. The highest BCUT2D eigenvalue weighted by molar-refractivity contribution is 9.10. The Bertz CT molecular complexity index is 1570. The molecule has 3 heterocycles. The van der Waals surface area contributed by atoms with E-state index in [4.69, 9.17) is 16.3 Å². The summed E-state index contributed by atoms with van der Waals surface area (Å²) >= 11 is 11.8. The van der Waals surface area contributed by atoms with Crippen LogP contribution in [0.15, 0.2) is 87.1 Å². The number of imide groups is 1. The van der Waals surface area contributed by atoms with E-state index in [1.165, 1.54) is 16.7 Å². The van der Waals surface area contributed by atoms with E-state index in [0.29, 0.717) is 28.1 Å². The number of anilines is 1. The average molecular weight is 614 g/mol. The molecule has 2 aliphatic rings. The summed E-state index contributed by atoms with van der Waals surface area (Å²) in [5, 5.41) is 0.675. The third-order valence-corrected chi connectivity index (χ3v) is 9.61. The van der Waals surface area contributed by atoms with Crippen molar-refractivity contribution in [3.05, 3.63) is 108 Å². The van der Waals surface area contributed by atoms with Gasteiger partial charge in [-0.15, -0.1) is 0 Å². The average Bonchev–Trinajstić information content (AvgIpc) is 3.38. The van der Waals surface area contributed by atoms with Crippen LogP contribution >= 0.6 is 50.6 Å². The van der Waals surface area contributed by atoms with Gasteiger partial charge in [0.05, 0.1) is 16.6 Å². The largest absolute Gasteiger partial charge is 0.489 e. The molecule has 1 N–H and O–H groups in total. The summed E-state index contributed by atoms with van der Waals surface area (Å²) in [4.78, 5) is 44.2. The number of thioether (sulfide) groups is 1. The number of hydrogen-bond donors (Lipinski definition) is 1. The fraction of sp³-hybridized carbons (Fsp3) is 0.148. The molecule has 6 nitrogen and oxygen atoms in total. The van der Waals surface area contributed by atoms with Gasteiger partial charge in [0.15, 0.2) is 0 Å². The van der Waals surface area contributed by atoms with E-state index in [1.54, 1.807) is 24.3 Å². The lowest BCUT2D eigenvalue weighted by Crippen LogP contribution is -2.32. The Kier molecular flexibility index (Phi) is 6.48. The van der Waals surface area contributed by atoms with Crippen LogP contribution < -0.4 is 14.5 Å². The lowest BCUT2D eigenvalue weighted by Gasteiger charge is -2.29. The molecule has 1 saturated heterocycles. The zero-order valence-electron chi connectivity index (χ0n) is 19.0. The van der Waals surface area contributed by atoms with Gasteiger partial charge in [-0.05, 0) is 59.7 Å². The number of nitrogens with zero attached hydrogens (tertiary/aromatic N) is 1. The summed E-state index contributed by atoms with van der Waals surface area (Å²) in [6.07, 6.45) is 0. The summed E-state index contributed by atoms with van der Waals surface area (Å²) in [6.45, 7) is 0.364. The predicted molar refractivity (Wildman–Crippen MR) is 149 cm³/mol. The molecule has 2 amide bonds.